The quantitative estimate of drug-likeness (QED) is 0.697. The molecule has 1 atom stereocenters. The maximum atomic E-state index is 12.2. The van der Waals surface area contributed by atoms with Gasteiger partial charge in [-0.25, -0.2) is 0 Å². The van der Waals surface area contributed by atoms with Crippen LogP contribution in [0.4, 0.5) is 0 Å². The lowest BCUT2D eigenvalue weighted by molar-refractivity contribution is -0.133. The van der Waals surface area contributed by atoms with Crippen molar-refractivity contribution in [3.05, 3.63) is 0 Å². The predicted molar refractivity (Wildman–Crippen MR) is 96.9 cm³/mol. The van der Waals surface area contributed by atoms with Crippen molar-refractivity contribution in [2.45, 2.75) is 64.8 Å². The van der Waals surface area contributed by atoms with E-state index in [1.54, 1.807) is 0 Å². The number of rotatable bonds is 9. The van der Waals surface area contributed by atoms with Gasteiger partial charge in [0.2, 0.25) is 11.8 Å². The van der Waals surface area contributed by atoms with Crippen molar-refractivity contribution in [2.24, 2.45) is 0 Å². The summed E-state index contributed by atoms with van der Waals surface area (Å²) in [6, 6.07) is 0.420. The van der Waals surface area contributed by atoms with Crippen molar-refractivity contribution in [1.29, 1.82) is 0 Å². The van der Waals surface area contributed by atoms with Crippen molar-refractivity contribution in [3.63, 3.8) is 0 Å². The molecule has 0 aliphatic carbocycles. The highest BCUT2D eigenvalue weighted by molar-refractivity contribution is 5.85. The first-order valence-corrected chi connectivity index (χ1v) is 8.85. The van der Waals surface area contributed by atoms with E-state index in [9.17, 15) is 9.59 Å². The lowest BCUT2D eigenvalue weighted by atomic mass is 10.1. The van der Waals surface area contributed by atoms with Crippen molar-refractivity contribution in [2.75, 3.05) is 33.2 Å². The Kier molecular flexibility index (Phi) is 12.1. The van der Waals surface area contributed by atoms with Gasteiger partial charge in [-0.1, -0.05) is 13.8 Å². The van der Waals surface area contributed by atoms with E-state index in [2.05, 4.69) is 19.2 Å². The number of carbonyl (C=O) groups is 2. The van der Waals surface area contributed by atoms with Crippen molar-refractivity contribution in [1.82, 2.24) is 15.1 Å². The fraction of sp³-hybridized carbons (Fsp3) is 0.882. The molecule has 0 aromatic carbocycles. The van der Waals surface area contributed by atoms with E-state index < -0.39 is 0 Å². The van der Waals surface area contributed by atoms with Gasteiger partial charge < -0.3 is 15.1 Å². The molecule has 1 saturated heterocycles. The molecule has 1 rings (SSSR count). The summed E-state index contributed by atoms with van der Waals surface area (Å²) < 4.78 is 0. The Labute approximate surface area is 147 Å². The average molecular weight is 348 g/mol. The summed E-state index contributed by atoms with van der Waals surface area (Å²) >= 11 is 0. The molecule has 0 radical (unpaired) electrons. The summed E-state index contributed by atoms with van der Waals surface area (Å²) in [6.07, 6.45) is 5.85. The van der Waals surface area contributed by atoms with Gasteiger partial charge in [-0.15, -0.1) is 12.4 Å². The molecule has 0 saturated carbocycles. The highest BCUT2D eigenvalue weighted by Crippen LogP contribution is 2.12. The maximum Gasteiger partial charge on any atom is 0.222 e. The minimum absolute atomic E-state index is 0. The van der Waals surface area contributed by atoms with Crippen LogP contribution in [0, 0.1) is 0 Å². The van der Waals surface area contributed by atoms with E-state index >= 15 is 0 Å². The molecule has 1 fully saturated rings. The van der Waals surface area contributed by atoms with Crippen LogP contribution in [0.3, 0.4) is 0 Å². The van der Waals surface area contributed by atoms with Gasteiger partial charge in [0.1, 0.15) is 0 Å². The van der Waals surface area contributed by atoms with E-state index in [0.717, 1.165) is 51.9 Å². The molecule has 136 valence electrons. The molecule has 0 aromatic rings. The number of piperidine rings is 1. The molecule has 6 heteroatoms. The Morgan fingerprint density at radius 1 is 1.17 bits per heavy atom. The summed E-state index contributed by atoms with van der Waals surface area (Å²) in [5.74, 6) is 0.397. The molecule has 0 bridgehead atoms. The van der Waals surface area contributed by atoms with Crippen molar-refractivity contribution >= 4 is 24.2 Å². The number of likely N-dealkylation sites (tertiary alicyclic amines) is 1. The third-order valence-electron chi connectivity index (χ3n) is 4.30. The Bertz CT molecular complexity index is 347. The van der Waals surface area contributed by atoms with E-state index in [4.69, 9.17) is 0 Å². The predicted octanol–water partition coefficient (Wildman–Crippen LogP) is 2.44. The summed E-state index contributed by atoms with van der Waals surface area (Å²) in [7, 11) is 1.95. The molecular weight excluding hydrogens is 314 g/mol. The summed E-state index contributed by atoms with van der Waals surface area (Å²) in [5, 5.41) is 3.25. The number of hydrogen-bond donors (Lipinski definition) is 1. The minimum atomic E-state index is 0. The lowest BCUT2D eigenvalue weighted by Gasteiger charge is -2.32. The van der Waals surface area contributed by atoms with Gasteiger partial charge in [0.05, 0.1) is 0 Å². The Hall–Kier alpha value is -0.810. The molecular formula is C17H34ClN3O2. The van der Waals surface area contributed by atoms with Crippen LogP contribution in [0.25, 0.3) is 0 Å². The van der Waals surface area contributed by atoms with Gasteiger partial charge in [-0.3, -0.25) is 9.59 Å². The van der Waals surface area contributed by atoms with Crippen molar-refractivity contribution < 1.29 is 9.59 Å². The smallest absolute Gasteiger partial charge is 0.222 e. The number of carbonyl (C=O) groups excluding carboxylic acids is 2. The van der Waals surface area contributed by atoms with E-state index in [0.29, 0.717) is 25.3 Å². The molecule has 5 nitrogen and oxygen atoms in total. The molecule has 0 spiro atoms. The standard InChI is InChI=1S/C17H33N3O2.ClH/c1-4-11-19(12-5-2)16(21)9-6-10-17(22)20-13-7-8-15(14-20)18-3;/h15,18H,4-14H2,1-3H3;1H. The largest absolute Gasteiger partial charge is 0.343 e. The third kappa shape index (κ3) is 8.02. The zero-order valence-electron chi connectivity index (χ0n) is 15.0. The number of amides is 2. The zero-order valence-corrected chi connectivity index (χ0v) is 15.8. The van der Waals surface area contributed by atoms with Crippen LogP contribution in [0.5, 0.6) is 0 Å². The number of likely N-dealkylation sites (N-methyl/N-ethyl adjacent to an activating group) is 1. The molecule has 23 heavy (non-hydrogen) atoms. The van der Waals surface area contributed by atoms with Gasteiger partial charge in [0, 0.05) is 45.1 Å². The van der Waals surface area contributed by atoms with Crippen LogP contribution in [-0.2, 0) is 9.59 Å². The fourth-order valence-electron chi connectivity index (χ4n) is 3.05. The minimum Gasteiger partial charge on any atom is -0.343 e. The molecule has 1 N–H and O–H groups in total. The Morgan fingerprint density at radius 2 is 1.83 bits per heavy atom. The molecule has 1 unspecified atom stereocenters. The molecule has 1 aliphatic rings. The SMILES string of the molecule is CCCN(CCC)C(=O)CCCC(=O)N1CCCC(NC)C1.Cl. The highest BCUT2D eigenvalue weighted by Gasteiger charge is 2.22. The average Bonchev–Trinajstić information content (AvgIpc) is 2.54. The Morgan fingerprint density at radius 3 is 2.39 bits per heavy atom. The Balaban J connectivity index is 0.00000484. The first kappa shape index (κ1) is 22.2. The number of nitrogens with one attached hydrogen (secondary N) is 1. The second kappa shape index (κ2) is 12.6. The van der Waals surface area contributed by atoms with Crippen LogP contribution < -0.4 is 5.32 Å². The van der Waals surface area contributed by atoms with Gasteiger partial charge in [0.25, 0.3) is 0 Å². The van der Waals surface area contributed by atoms with Crippen LogP contribution >= 0.6 is 12.4 Å². The van der Waals surface area contributed by atoms with E-state index in [1.165, 1.54) is 0 Å². The third-order valence-corrected chi connectivity index (χ3v) is 4.30. The van der Waals surface area contributed by atoms with Gasteiger partial charge in [0.15, 0.2) is 0 Å². The topological polar surface area (TPSA) is 52.7 Å². The monoisotopic (exact) mass is 347 g/mol. The number of hydrogen-bond acceptors (Lipinski definition) is 3. The number of nitrogens with zero attached hydrogens (tertiary/aromatic N) is 2. The summed E-state index contributed by atoms with van der Waals surface area (Å²) in [5.41, 5.74) is 0. The molecule has 1 heterocycles. The highest BCUT2D eigenvalue weighted by atomic mass is 35.5. The first-order chi connectivity index (χ1) is 10.6. The summed E-state index contributed by atoms with van der Waals surface area (Å²) in [4.78, 5) is 28.3. The van der Waals surface area contributed by atoms with Crippen LogP contribution in [0.2, 0.25) is 0 Å². The van der Waals surface area contributed by atoms with E-state index in [1.807, 2.05) is 16.8 Å². The van der Waals surface area contributed by atoms with Gasteiger partial charge in [-0.2, -0.15) is 0 Å². The maximum absolute atomic E-state index is 12.2. The molecule has 0 aromatic heterocycles. The second-order valence-electron chi connectivity index (χ2n) is 6.20. The van der Waals surface area contributed by atoms with Crippen LogP contribution in [0.1, 0.15) is 58.8 Å². The molecule has 2 amide bonds. The normalized spacial score (nSPS) is 17.5. The van der Waals surface area contributed by atoms with Gasteiger partial charge in [-0.05, 0) is 39.2 Å². The zero-order chi connectivity index (χ0) is 16.4. The molecule has 1 aliphatic heterocycles. The van der Waals surface area contributed by atoms with E-state index in [-0.39, 0.29) is 24.2 Å². The van der Waals surface area contributed by atoms with Crippen LogP contribution in [0.15, 0.2) is 0 Å². The van der Waals surface area contributed by atoms with Crippen molar-refractivity contribution in [3.8, 4) is 0 Å². The lowest BCUT2D eigenvalue weighted by Crippen LogP contribution is -2.46. The first-order valence-electron chi connectivity index (χ1n) is 8.85. The second-order valence-corrected chi connectivity index (χ2v) is 6.20. The number of halogens is 1. The fourth-order valence-corrected chi connectivity index (χ4v) is 3.05. The van der Waals surface area contributed by atoms with Gasteiger partial charge >= 0.3 is 0 Å². The van der Waals surface area contributed by atoms with Crippen LogP contribution in [-0.4, -0.2) is 60.9 Å². The summed E-state index contributed by atoms with van der Waals surface area (Å²) in [6.45, 7) is 7.51.